The summed E-state index contributed by atoms with van der Waals surface area (Å²) in [5, 5.41) is 15.2. The number of hydrogen-bond acceptors (Lipinski definition) is 2. The maximum Gasteiger partial charge on any atom is 0.191 e. The van der Waals surface area contributed by atoms with Crippen molar-refractivity contribution in [2.75, 3.05) is 26.2 Å². The van der Waals surface area contributed by atoms with Crippen LogP contribution >= 0.6 is 15.9 Å². The summed E-state index contributed by atoms with van der Waals surface area (Å²) >= 11 is 3.64. The van der Waals surface area contributed by atoms with E-state index < -0.39 is 0 Å². The van der Waals surface area contributed by atoms with Gasteiger partial charge in [-0.3, -0.25) is 4.99 Å². The van der Waals surface area contributed by atoms with Crippen molar-refractivity contribution in [3.63, 3.8) is 0 Å². The first kappa shape index (κ1) is 15.3. The minimum atomic E-state index is 0.111. The van der Waals surface area contributed by atoms with Gasteiger partial charge in [0.15, 0.2) is 5.96 Å². The van der Waals surface area contributed by atoms with Crippen LogP contribution in [-0.2, 0) is 5.41 Å². The Labute approximate surface area is 128 Å². The van der Waals surface area contributed by atoms with Gasteiger partial charge in [0, 0.05) is 23.0 Å². The second-order valence-electron chi connectivity index (χ2n) is 5.11. The summed E-state index contributed by atoms with van der Waals surface area (Å²) in [6.45, 7) is 4.26. The Bertz CT molecular complexity index is 472. The highest BCUT2D eigenvalue weighted by Gasteiger charge is 2.45. The molecule has 0 aliphatic heterocycles. The molecular formula is C15H22BrN3O. The number of nitrogens with zero attached hydrogens (tertiary/aromatic N) is 1. The van der Waals surface area contributed by atoms with Crippen LogP contribution in [0.2, 0.25) is 0 Å². The summed E-state index contributed by atoms with van der Waals surface area (Å²) in [5.41, 5.74) is 1.53. The molecule has 0 bridgehead atoms. The highest BCUT2D eigenvalue weighted by Crippen LogP contribution is 2.50. The predicted octanol–water partition coefficient (Wildman–Crippen LogP) is 2.03. The van der Waals surface area contributed by atoms with Crippen LogP contribution in [0.15, 0.2) is 33.7 Å². The fourth-order valence-electron chi connectivity index (χ4n) is 2.30. The van der Waals surface area contributed by atoms with Gasteiger partial charge in [0.05, 0.1) is 13.2 Å². The molecule has 0 atom stereocenters. The molecule has 110 valence electrons. The van der Waals surface area contributed by atoms with Gasteiger partial charge in [0.25, 0.3) is 0 Å². The first-order valence-corrected chi connectivity index (χ1v) is 7.89. The predicted molar refractivity (Wildman–Crippen MR) is 86.1 cm³/mol. The van der Waals surface area contributed by atoms with Gasteiger partial charge in [-0.15, -0.1) is 0 Å². The molecule has 0 saturated heterocycles. The van der Waals surface area contributed by atoms with Crippen molar-refractivity contribution in [1.29, 1.82) is 0 Å². The lowest BCUT2D eigenvalue weighted by Crippen LogP contribution is -2.39. The van der Waals surface area contributed by atoms with E-state index in [9.17, 15) is 0 Å². The highest BCUT2D eigenvalue weighted by molar-refractivity contribution is 9.10. The summed E-state index contributed by atoms with van der Waals surface area (Å²) in [7, 11) is 0. The third kappa shape index (κ3) is 3.73. The van der Waals surface area contributed by atoms with Crippen molar-refractivity contribution in [2.24, 2.45) is 4.99 Å². The van der Waals surface area contributed by atoms with E-state index in [0.717, 1.165) is 19.0 Å². The largest absolute Gasteiger partial charge is 0.395 e. The molecule has 0 aromatic heterocycles. The minimum absolute atomic E-state index is 0.111. The fourth-order valence-corrected chi connectivity index (χ4v) is 3.01. The van der Waals surface area contributed by atoms with Gasteiger partial charge in [-0.05, 0) is 31.4 Å². The Morgan fingerprint density at radius 2 is 2.10 bits per heavy atom. The molecule has 4 nitrogen and oxygen atoms in total. The number of guanidine groups is 1. The zero-order valence-electron chi connectivity index (χ0n) is 11.8. The molecule has 0 spiro atoms. The van der Waals surface area contributed by atoms with Gasteiger partial charge in [-0.25, -0.2) is 0 Å². The second-order valence-corrected chi connectivity index (χ2v) is 5.96. The average Bonchev–Trinajstić information content (AvgIpc) is 3.23. The standard InChI is InChI=1S/C15H22BrN3O/c1-2-17-14(18-9-10-20)19-11-15(7-8-15)12-5-3-4-6-13(12)16/h3-6,20H,2,7-11H2,1H3,(H2,17,18,19). The van der Waals surface area contributed by atoms with E-state index >= 15 is 0 Å². The van der Waals surface area contributed by atoms with E-state index in [0.29, 0.717) is 6.54 Å². The number of halogens is 1. The number of aliphatic hydroxyl groups excluding tert-OH is 1. The van der Waals surface area contributed by atoms with E-state index in [1.165, 1.54) is 22.9 Å². The van der Waals surface area contributed by atoms with Crippen LogP contribution in [-0.4, -0.2) is 37.3 Å². The lowest BCUT2D eigenvalue weighted by molar-refractivity contribution is 0.300. The van der Waals surface area contributed by atoms with E-state index in [2.05, 4.69) is 49.8 Å². The van der Waals surface area contributed by atoms with Gasteiger partial charge < -0.3 is 15.7 Å². The normalized spacial score (nSPS) is 16.9. The Kier molecular flexibility index (Phi) is 5.43. The average molecular weight is 340 g/mol. The molecule has 0 amide bonds. The number of aliphatic hydroxyl groups is 1. The van der Waals surface area contributed by atoms with Gasteiger partial charge >= 0.3 is 0 Å². The fraction of sp³-hybridized carbons (Fsp3) is 0.533. The number of benzene rings is 1. The first-order chi connectivity index (χ1) is 9.72. The van der Waals surface area contributed by atoms with E-state index in [1.807, 2.05) is 13.0 Å². The maximum absolute atomic E-state index is 8.89. The third-order valence-electron chi connectivity index (χ3n) is 3.59. The number of rotatable bonds is 6. The molecule has 1 saturated carbocycles. The van der Waals surface area contributed by atoms with Crippen molar-refractivity contribution < 1.29 is 5.11 Å². The monoisotopic (exact) mass is 339 g/mol. The lowest BCUT2D eigenvalue weighted by atomic mass is 9.96. The molecule has 0 radical (unpaired) electrons. The second kappa shape index (κ2) is 7.09. The molecule has 0 heterocycles. The summed E-state index contributed by atoms with van der Waals surface area (Å²) < 4.78 is 1.17. The Balaban J connectivity index is 2.06. The smallest absolute Gasteiger partial charge is 0.191 e. The van der Waals surface area contributed by atoms with Crippen molar-refractivity contribution >= 4 is 21.9 Å². The van der Waals surface area contributed by atoms with Gasteiger partial charge in [0.2, 0.25) is 0 Å². The molecule has 1 aromatic carbocycles. The van der Waals surface area contributed by atoms with Crippen LogP contribution in [0.5, 0.6) is 0 Å². The minimum Gasteiger partial charge on any atom is -0.395 e. The van der Waals surface area contributed by atoms with Crippen molar-refractivity contribution in [1.82, 2.24) is 10.6 Å². The van der Waals surface area contributed by atoms with Crippen molar-refractivity contribution in [2.45, 2.75) is 25.2 Å². The van der Waals surface area contributed by atoms with Gasteiger partial charge in [-0.1, -0.05) is 34.1 Å². The Hall–Kier alpha value is -1.07. The van der Waals surface area contributed by atoms with Crippen molar-refractivity contribution in [3.05, 3.63) is 34.3 Å². The third-order valence-corrected chi connectivity index (χ3v) is 4.28. The van der Waals surface area contributed by atoms with Crippen LogP contribution < -0.4 is 10.6 Å². The van der Waals surface area contributed by atoms with Gasteiger partial charge in [-0.2, -0.15) is 0 Å². The zero-order chi connectivity index (χ0) is 14.4. The van der Waals surface area contributed by atoms with Crippen LogP contribution in [0.1, 0.15) is 25.3 Å². The van der Waals surface area contributed by atoms with Crippen LogP contribution in [0, 0.1) is 0 Å². The van der Waals surface area contributed by atoms with Gasteiger partial charge in [0.1, 0.15) is 0 Å². The number of hydrogen-bond donors (Lipinski definition) is 3. The quantitative estimate of drug-likeness (QED) is 0.549. The molecule has 2 rings (SSSR count). The summed E-state index contributed by atoms with van der Waals surface area (Å²) in [5.74, 6) is 0.778. The molecule has 0 unspecified atom stereocenters. The molecule has 1 aliphatic carbocycles. The zero-order valence-corrected chi connectivity index (χ0v) is 13.4. The molecule has 5 heteroatoms. The summed E-state index contributed by atoms with van der Waals surface area (Å²) in [6, 6.07) is 8.40. The Morgan fingerprint density at radius 1 is 1.35 bits per heavy atom. The van der Waals surface area contributed by atoms with Crippen LogP contribution in [0.3, 0.4) is 0 Å². The topological polar surface area (TPSA) is 56.7 Å². The van der Waals surface area contributed by atoms with Crippen LogP contribution in [0.4, 0.5) is 0 Å². The van der Waals surface area contributed by atoms with Crippen LogP contribution in [0.25, 0.3) is 0 Å². The maximum atomic E-state index is 8.89. The molecule has 20 heavy (non-hydrogen) atoms. The summed E-state index contributed by atoms with van der Waals surface area (Å²) in [6.07, 6.45) is 2.36. The van der Waals surface area contributed by atoms with Crippen molar-refractivity contribution in [3.8, 4) is 0 Å². The van der Waals surface area contributed by atoms with E-state index in [-0.39, 0.29) is 12.0 Å². The molecule has 1 aliphatic rings. The highest BCUT2D eigenvalue weighted by atomic mass is 79.9. The molecule has 3 N–H and O–H groups in total. The number of nitrogens with one attached hydrogen (secondary N) is 2. The first-order valence-electron chi connectivity index (χ1n) is 7.10. The SMILES string of the molecule is CCNC(=NCC1(c2ccccc2Br)CC1)NCCO. The number of aliphatic imine (C=N–C) groups is 1. The van der Waals surface area contributed by atoms with E-state index in [1.54, 1.807) is 0 Å². The summed E-state index contributed by atoms with van der Waals surface area (Å²) in [4.78, 5) is 4.67. The molecular weight excluding hydrogens is 318 g/mol. The van der Waals surface area contributed by atoms with E-state index in [4.69, 9.17) is 5.11 Å². The molecule has 1 fully saturated rings. The Morgan fingerprint density at radius 3 is 2.70 bits per heavy atom. The molecule has 1 aromatic rings. The lowest BCUT2D eigenvalue weighted by Gasteiger charge is -2.17.